The van der Waals surface area contributed by atoms with Crippen molar-refractivity contribution in [2.75, 3.05) is 14.2 Å². The molecule has 17 heavy (non-hydrogen) atoms. The summed E-state index contributed by atoms with van der Waals surface area (Å²) in [6.07, 6.45) is 6.04. The zero-order valence-corrected chi connectivity index (χ0v) is 10.6. The molecular weight excluding hydrogens is 268 g/mol. The van der Waals surface area contributed by atoms with E-state index in [0.29, 0.717) is 0 Å². The van der Waals surface area contributed by atoms with E-state index in [9.17, 15) is 0 Å². The van der Waals surface area contributed by atoms with E-state index in [2.05, 4.69) is 26.0 Å². The second-order valence-corrected chi connectivity index (χ2v) is 2.14. The van der Waals surface area contributed by atoms with E-state index >= 15 is 0 Å². The van der Waals surface area contributed by atoms with Crippen LogP contribution >= 0.6 is 0 Å². The molecule has 0 unspecified atom stereocenters. The molecule has 0 saturated carbocycles. The molecule has 0 fully saturated rings. The number of methoxy groups -OCH3 is 2. The summed E-state index contributed by atoms with van der Waals surface area (Å²) >= 11 is 0. The van der Waals surface area contributed by atoms with Crippen molar-refractivity contribution in [1.82, 2.24) is 0 Å². The van der Waals surface area contributed by atoms with Crippen molar-refractivity contribution in [3.63, 3.8) is 0 Å². The minimum absolute atomic E-state index is 0. The van der Waals surface area contributed by atoms with Gasteiger partial charge in [0, 0.05) is 23.5 Å². The molecule has 0 aromatic carbocycles. The third kappa shape index (κ3) is 12.8. The van der Waals surface area contributed by atoms with Crippen LogP contribution in [-0.4, -0.2) is 14.2 Å². The molecule has 0 aromatic rings. The first-order valence-corrected chi connectivity index (χ1v) is 3.97. The molecule has 0 bridgehead atoms. The van der Waals surface area contributed by atoms with Gasteiger partial charge in [0.05, 0.1) is 14.2 Å². The molecule has 1 aliphatic rings. The van der Waals surface area contributed by atoms with Crippen LogP contribution in [0.4, 0.5) is 0 Å². The fourth-order valence-electron chi connectivity index (χ4n) is 1.01. The SMILES string of the molecule is COC1=C(OC)CCC=C1.[C-]#[O+].[C-]#[O+].[C-]#[O+].[Fe]. The molecular formula is C11H12FeO5. The molecule has 0 spiro atoms. The fraction of sp³-hybridized carbons (Fsp3) is 0.364. The minimum Gasteiger partial charge on any atom is 0 e. The molecule has 0 atom stereocenters. The zero-order valence-electron chi connectivity index (χ0n) is 9.46. The Labute approximate surface area is 111 Å². The molecule has 0 saturated heterocycles. The van der Waals surface area contributed by atoms with Crippen LogP contribution in [0.25, 0.3) is 0 Å². The van der Waals surface area contributed by atoms with Gasteiger partial charge in [-0.3, -0.25) is 0 Å². The normalized spacial score (nSPS) is 10.6. The van der Waals surface area contributed by atoms with Crippen molar-refractivity contribution in [3.05, 3.63) is 43.6 Å². The second kappa shape index (κ2) is 24.2. The summed E-state index contributed by atoms with van der Waals surface area (Å²) in [4.78, 5) is 0. The number of hydrogen-bond donors (Lipinski definition) is 0. The summed E-state index contributed by atoms with van der Waals surface area (Å²) in [5, 5.41) is 0. The van der Waals surface area contributed by atoms with E-state index in [1.165, 1.54) is 0 Å². The molecule has 0 N–H and O–H groups in total. The third-order valence-corrected chi connectivity index (χ3v) is 1.55. The summed E-state index contributed by atoms with van der Waals surface area (Å²) in [5.41, 5.74) is 0. The maximum atomic E-state index is 7.50. The predicted molar refractivity (Wildman–Crippen MR) is 51.2 cm³/mol. The predicted octanol–water partition coefficient (Wildman–Crippen LogP) is 1.73. The number of rotatable bonds is 2. The number of allylic oxidation sites excluding steroid dienone is 3. The Morgan fingerprint density at radius 1 is 1.00 bits per heavy atom. The number of ether oxygens (including phenoxy) is 2. The second-order valence-electron chi connectivity index (χ2n) is 2.14. The van der Waals surface area contributed by atoms with Crippen LogP contribution in [-0.2, 0) is 40.5 Å². The molecule has 1 aliphatic carbocycles. The van der Waals surface area contributed by atoms with Crippen LogP contribution in [0.1, 0.15) is 12.8 Å². The van der Waals surface area contributed by atoms with Gasteiger partial charge in [0.1, 0.15) is 5.76 Å². The third-order valence-electron chi connectivity index (χ3n) is 1.55. The minimum atomic E-state index is 0. The Bertz CT molecular complexity index is 261. The van der Waals surface area contributed by atoms with Gasteiger partial charge in [-0.1, -0.05) is 6.08 Å². The standard InChI is InChI=1S/C8H12O2.3CO.Fe/c1-9-7-5-3-4-6-8(7)10-2;3*1-2;/h3,5H,4,6H2,1-2H3;;;;. The summed E-state index contributed by atoms with van der Waals surface area (Å²) in [7, 11) is 3.33. The molecule has 5 nitrogen and oxygen atoms in total. The van der Waals surface area contributed by atoms with Crippen LogP contribution in [0.15, 0.2) is 23.7 Å². The van der Waals surface area contributed by atoms with Crippen LogP contribution in [0, 0.1) is 20.0 Å². The van der Waals surface area contributed by atoms with Crippen molar-refractivity contribution in [3.8, 4) is 0 Å². The Hall–Kier alpha value is -1.18. The Morgan fingerprint density at radius 2 is 1.47 bits per heavy atom. The fourth-order valence-corrected chi connectivity index (χ4v) is 1.01. The van der Waals surface area contributed by atoms with Crippen LogP contribution in [0.3, 0.4) is 0 Å². The van der Waals surface area contributed by atoms with E-state index in [-0.39, 0.29) is 17.1 Å². The molecule has 94 valence electrons. The molecule has 0 aromatic heterocycles. The van der Waals surface area contributed by atoms with Crippen molar-refractivity contribution >= 4 is 0 Å². The van der Waals surface area contributed by atoms with E-state index in [0.717, 1.165) is 24.4 Å². The van der Waals surface area contributed by atoms with Gasteiger partial charge in [-0.25, -0.2) is 0 Å². The van der Waals surface area contributed by atoms with Gasteiger partial charge in [-0.15, -0.1) is 0 Å². The molecule has 6 heteroatoms. The average molecular weight is 280 g/mol. The zero-order chi connectivity index (χ0) is 13.4. The smallest absolute Gasteiger partial charge is 0 e. The summed E-state index contributed by atoms with van der Waals surface area (Å²) < 4.78 is 32.7. The van der Waals surface area contributed by atoms with Gasteiger partial charge in [0.25, 0.3) is 0 Å². The molecule has 0 aliphatic heterocycles. The van der Waals surface area contributed by atoms with Crippen molar-refractivity contribution in [1.29, 1.82) is 0 Å². The summed E-state index contributed by atoms with van der Waals surface area (Å²) in [5.74, 6) is 1.80. The molecule has 0 heterocycles. The van der Waals surface area contributed by atoms with Crippen molar-refractivity contribution in [2.24, 2.45) is 0 Å². The van der Waals surface area contributed by atoms with Crippen molar-refractivity contribution < 1.29 is 40.5 Å². The molecule has 0 radical (unpaired) electrons. The maximum Gasteiger partial charge on any atom is 0 e. The van der Waals surface area contributed by atoms with Crippen LogP contribution in [0.2, 0.25) is 0 Å². The topological polar surface area (TPSA) is 78.2 Å². The Morgan fingerprint density at radius 3 is 1.76 bits per heavy atom. The summed E-state index contributed by atoms with van der Waals surface area (Å²) in [6.45, 7) is 13.5. The van der Waals surface area contributed by atoms with E-state index in [1.54, 1.807) is 14.2 Å². The van der Waals surface area contributed by atoms with E-state index in [1.807, 2.05) is 6.08 Å². The first kappa shape index (κ1) is 24.9. The monoisotopic (exact) mass is 280 g/mol. The van der Waals surface area contributed by atoms with Crippen LogP contribution in [0.5, 0.6) is 0 Å². The van der Waals surface area contributed by atoms with Gasteiger partial charge in [0.2, 0.25) is 0 Å². The average Bonchev–Trinajstić information content (AvgIpc) is 2.45. The largest absolute Gasteiger partial charge is 0 e. The van der Waals surface area contributed by atoms with Crippen LogP contribution < -0.4 is 0 Å². The molecule has 1 rings (SSSR count). The Balaban J connectivity index is -0.000000106. The van der Waals surface area contributed by atoms with Gasteiger partial charge >= 0.3 is 33.9 Å². The quantitative estimate of drug-likeness (QED) is 0.438. The van der Waals surface area contributed by atoms with Gasteiger partial charge in [-0.05, 0) is 12.5 Å². The summed E-state index contributed by atoms with van der Waals surface area (Å²) in [6, 6.07) is 0. The first-order chi connectivity index (χ1) is 7.88. The molecule has 0 amide bonds. The van der Waals surface area contributed by atoms with Gasteiger partial charge < -0.3 is 9.47 Å². The van der Waals surface area contributed by atoms with Gasteiger partial charge in [-0.2, -0.15) is 0 Å². The first-order valence-electron chi connectivity index (χ1n) is 3.97. The number of hydrogen-bond acceptors (Lipinski definition) is 2. The van der Waals surface area contributed by atoms with Gasteiger partial charge in [0.15, 0.2) is 5.76 Å². The van der Waals surface area contributed by atoms with E-state index in [4.69, 9.17) is 23.4 Å². The van der Waals surface area contributed by atoms with Crippen molar-refractivity contribution in [2.45, 2.75) is 12.8 Å². The Kier molecular flexibility index (Phi) is 35.4. The maximum absolute atomic E-state index is 7.50. The van der Waals surface area contributed by atoms with E-state index < -0.39 is 0 Å².